The summed E-state index contributed by atoms with van der Waals surface area (Å²) in [4.78, 5) is 17.6. The lowest BCUT2D eigenvalue weighted by Gasteiger charge is -2.16. The Hall–Kier alpha value is -3.07. The van der Waals surface area contributed by atoms with Crippen LogP contribution in [0.15, 0.2) is 66.7 Å². The molecule has 0 saturated heterocycles. The fourth-order valence-electron chi connectivity index (χ4n) is 3.39. The Kier molecular flexibility index (Phi) is 7.74. The molecule has 1 amide bonds. The van der Waals surface area contributed by atoms with E-state index in [2.05, 4.69) is 10.3 Å². The number of rotatable bonds is 6. The Bertz CT molecular complexity index is 1090. The number of aromatic nitrogens is 1. The number of ether oxygens (including phenoxy) is 1. The Labute approximate surface area is 193 Å². The summed E-state index contributed by atoms with van der Waals surface area (Å²) in [6, 6.07) is 21.4. The lowest BCUT2D eigenvalue weighted by atomic mass is 9.95. The van der Waals surface area contributed by atoms with Crippen molar-refractivity contribution in [2.45, 2.75) is 24.8 Å². The molecule has 1 atom stereocenters. The van der Waals surface area contributed by atoms with E-state index in [0.29, 0.717) is 12.4 Å². The zero-order chi connectivity index (χ0) is 23.1. The van der Waals surface area contributed by atoms with Crippen LogP contribution >= 0.6 is 0 Å². The fourth-order valence-corrected chi connectivity index (χ4v) is 3.39. The molecule has 1 heterocycles. The molecule has 2 aromatic carbocycles. The SMILES string of the molecule is COc1ccc(C2(C(=O)Nc3cccc(-c4ccc(CN)cc4)n3)CC2)cc1.CS(=O)[O-].[HH].[HH]. The monoisotopic (exact) mass is 456 g/mol. The van der Waals surface area contributed by atoms with E-state index in [-0.39, 0.29) is 8.76 Å². The predicted octanol–water partition coefficient (Wildman–Crippen LogP) is 3.87. The zero-order valence-corrected chi connectivity index (χ0v) is 18.9. The zero-order valence-electron chi connectivity index (χ0n) is 18.0. The molecule has 0 aliphatic heterocycles. The summed E-state index contributed by atoms with van der Waals surface area (Å²) >= 11 is -1.86. The maximum Gasteiger partial charge on any atom is 0.236 e. The van der Waals surface area contributed by atoms with Crippen molar-refractivity contribution in [3.05, 3.63) is 77.9 Å². The third kappa shape index (κ3) is 5.79. The van der Waals surface area contributed by atoms with Gasteiger partial charge in [-0.05, 0) is 54.5 Å². The number of anilines is 1. The number of hydrogen-bond donors (Lipinski definition) is 2. The van der Waals surface area contributed by atoms with Crippen molar-refractivity contribution < 1.29 is 21.1 Å². The molecular formula is C24H30N3O4S-. The predicted molar refractivity (Wildman–Crippen MR) is 129 cm³/mol. The summed E-state index contributed by atoms with van der Waals surface area (Å²) in [5, 5.41) is 3.00. The number of carbonyl (C=O) groups is 1. The lowest BCUT2D eigenvalue weighted by Crippen LogP contribution is -2.28. The van der Waals surface area contributed by atoms with E-state index >= 15 is 0 Å². The third-order valence-corrected chi connectivity index (χ3v) is 5.30. The van der Waals surface area contributed by atoms with Crippen molar-refractivity contribution in [1.29, 1.82) is 0 Å². The van der Waals surface area contributed by atoms with Gasteiger partial charge in [0.05, 0.1) is 18.2 Å². The second kappa shape index (κ2) is 10.5. The summed E-state index contributed by atoms with van der Waals surface area (Å²) < 4.78 is 23.2. The molecular weight excluding hydrogens is 426 g/mol. The van der Waals surface area contributed by atoms with E-state index in [4.69, 9.17) is 19.2 Å². The molecule has 1 unspecified atom stereocenters. The molecule has 1 aliphatic carbocycles. The molecule has 0 spiro atoms. The van der Waals surface area contributed by atoms with E-state index in [1.54, 1.807) is 7.11 Å². The molecule has 3 N–H and O–H groups in total. The van der Waals surface area contributed by atoms with Crippen LogP contribution in [-0.2, 0) is 27.8 Å². The second-order valence-electron chi connectivity index (χ2n) is 7.48. The van der Waals surface area contributed by atoms with Gasteiger partial charge in [0.15, 0.2) is 0 Å². The minimum atomic E-state index is -1.86. The number of nitrogens with zero attached hydrogens (tertiary/aromatic N) is 1. The maximum absolute atomic E-state index is 13.0. The number of amides is 1. The van der Waals surface area contributed by atoms with Crippen molar-refractivity contribution in [3.8, 4) is 17.0 Å². The highest BCUT2D eigenvalue weighted by Gasteiger charge is 2.51. The van der Waals surface area contributed by atoms with Gasteiger partial charge in [-0.2, -0.15) is 0 Å². The fraction of sp³-hybridized carbons (Fsp3) is 0.250. The highest BCUT2D eigenvalue weighted by molar-refractivity contribution is 7.78. The van der Waals surface area contributed by atoms with Gasteiger partial charge in [0.2, 0.25) is 5.91 Å². The van der Waals surface area contributed by atoms with Gasteiger partial charge in [0.25, 0.3) is 0 Å². The van der Waals surface area contributed by atoms with Crippen LogP contribution in [0.25, 0.3) is 11.3 Å². The number of pyridine rings is 1. The topological polar surface area (TPSA) is 117 Å². The molecule has 32 heavy (non-hydrogen) atoms. The summed E-state index contributed by atoms with van der Waals surface area (Å²) in [5.41, 5.74) is 9.08. The van der Waals surface area contributed by atoms with Gasteiger partial charge >= 0.3 is 0 Å². The third-order valence-electron chi connectivity index (χ3n) is 5.30. The van der Waals surface area contributed by atoms with Gasteiger partial charge in [-0.25, -0.2) is 4.98 Å². The van der Waals surface area contributed by atoms with E-state index in [0.717, 1.165) is 47.2 Å². The molecule has 7 nitrogen and oxygen atoms in total. The minimum Gasteiger partial charge on any atom is -0.773 e. The average molecular weight is 457 g/mol. The summed E-state index contributed by atoms with van der Waals surface area (Å²) in [7, 11) is 1.64. The maximum atomic E-state index is 13.0. The molecule has 1 aromatic heterocycles. The molecule has 4 rings (SSSR count). The van der Waals surface area contributed by atoms with Gasteiger partial charge in [-0.15, -0.1) is 0 Å². The Morgan fingerprint density at radius 2 is 1.78 bits per heavy atom. The highest BCUT2D eigenvalue weighted by atomic mass is 32.2. The van der Waals surface area contributed by atoms with Crippen molar-refractivity contribution >= 4 is 22.8 Å². The van der Waals surface area contributed by atoms with Crippen LogP contribution in [0.5, 0.6) is 5.75 Å². The number of nitrogens with one attached hydrogen (secondary N) is 1. The van der Waals surface area contributed by atoms with Crippen molar-refractivity contribution in [2.24, 2.45) is 5.73 Å². The van der Waals surface area contributed by atoms with Gasteiger partial charge < -0.3 is 20.3 Å². The molecule has 1 fully saturated rings. The molecule has 0 radical (unpaired) electrons. The molecule has 1 aliphatic rings. The Morgan fingerprint density at radius 1 is 1.16 bits per heavy atom. The quantitative estimate of drug-likeness (QED) is 0.544. The summed E-state index contributed by atoms with van der Waals surface area (Å²) in [6.45, 7) is 0.511. The van der Waals surface area contributed by atoms with Crippen LogP contribution in [0.4, 0.5) is 5.82 Å². The van der Waals surface area contributed by atoms with E-state index < -0.39 is 16.5 Å². The average Bonchev–Trinajstić information content (AvgIpc) is 3.61. The molecule has 172 valence electrons. The molecule has 8 heteroatoms. The highest BCUT2D eigenvalue weighted by Crippen LogP contribution is 2.49. The molecule has 3 aromatic rings. The van der Waals surface area contributed by atoms with Crippen molar-refractivity contribution in [3.63, 3.8) is 0 Å². The first-order chi connectivity index (χ1) is 15.4. The van der Waals surface area contributed by atoms with Crippen LogP contribution in [0.3, 0.4) is 0 Å². The van der Waals surface area contributed by atoms with Crippen LogP contribution in [0, 0.1) is 0 Å². The standard InChI is InChI=1S/C23H23N3O2.CH4O2S.2H2/c1-28-19-11-9-18(10-12-19)23(13-14-23)22(27)26-21-4-2-3-20(25-21)17-7-5-16(15-24)6-8-17;1-4(2)3;;/h2-12H,13-15,24H2,1H3,(H,25,26,27);1H3,(H,2,3);2*1H/p-1. The van der Waals surface area contributed by atoms with Crippen LogP contribution in [0.2, 0.25) is 0 Å². The minimum absolute atomic E-state index is 0. The molecule has 0 bridgehead atoms. The van der Waals surface area contributed by atoms with Crippen molar-refractivity contribution in [1.82, 2.24) is 4.98 Å². The van der Waals surface area contributed by atoms with Gasteiger partial charge in [0.1, 0.15) is 11.6 Å². The van der Waals surface area contributed by atoms with Crippen LogP contribution in [-0.4, -0.2) is 33.0 Å². The second-order valence-corrected chi connectivity index (χ2v) is 8.28. The largest absolute Gasteiger partial charge is 0.773 e. The summed E-state index contributed by atoms with van der Waals surface area (Å²) in [6.07, 6.45) is 2.76. The van der Waals surface area contributed by atoms with E-state index in [1.165, 1.54) is 0 Å². The number of nitrogens with two attached hydrogens (primary N) is 1. The lowest BCUT2D eigenvalue weighted by molar-refractivity contribution is -0.118. The Balaban J connectivity index is 0.000000895. The van der Waals surface area contributed by atoms with E-state index in [9.17, 15) is 4.79 Å². The number of methoxy groups -OCH3 is 1. The normalized spacial score (nSPS) is 14.5. The number of carbonyl (C=O) groups excluding carboxylic acids is 1. The van der Waals surface area contributed by atoms with Gasteiger partial charge in [-0.3, -0.25) is 9.00 Å². The Morgan fingerprint density at radius 3 is 2.31 bits per heavy atom. The molecule has 1 saturated carbocycles. The smallest absolute Gasteiger partial charge is 0.236 e. The first-order valence-electron chi connectivity index (χ1n) is 10.1. The summed E-state index contributed by atoms with van der Waals surface area (Å²) in [5.74, 6) is 1.33. The first-order valence-corrected chi connectivity index (χ1v) is 11.6. The van der Waals surface area contributed by atoms with E-state index in [1.807, 2.05) is 66.7 Å². The van der Waals surface area contributed by atoms with Crippen molar-refractivity contribution in [2.75, 3.05) is 18.7 Å². The van der Waals surface area contributed by atoms with Crippen LogP contribution < -0.4 is 15.8 Å². The van der Waals surface area contributed by atoms with Gasteiger partial charge in [-0.1, -0.05) is 53.5 Å². The number of benzene rings is 2. The van der Waals surface area contributed by atoms with Gasteiger partial charge in [0, 0.05) is 15.0 Å². The van der Waals surface area contributed by atoms with Crippen LogP contribution in [0.1, 0.15) is 26.8 Å². The number of hydrogen-bond acceptors (Lipinski definition) is 6. The first kappa shape index (κ1) is 23.6.